The lowest BCUT2D eigenvalue weighted by atomic mass is 9.92. The molecule has 0 spiro atoms. The van der Waals surface area contributed by atoms with Crippen molar-refractivity contribution in [1.82, 2.24) is 47.4 Å². The molecule has 26 heteroatoms. The van der Waals surface area contributed by atoms with Gasteiger partial charge in [0.05, 0.1) is 23.9 Å². The van der Waals surface area contributed by atoms with E-state index in [9.17, 15) is 53.7 Å². The normalized spacial score (nSPS) is 26.9. The number of ether oxygens (including phenoxy) is 4. The average molecular weight is 1240 g/mol. The second-order valence-electron chi connectivity index (χ2n) is 24.3. The average Bonchev–Trinajstić information content (AvgIpc) is 3.65. The Morgan fingerprint density at radius 3 is 2.08 bits per heavy atom. The first-order valence-electron chi connectivity index (χ1n) is 30.3. The maximum absolute atomic E-state index is 15.4. The Kier molecular flexibility index (Phi) is 28.5. The second-order valence-corrected chi connectivity index (χ2v) is 24.3. The van der Waals surface area contributed by atoms with E-state index in [1.165, 1.54) is 33.9 Å². The summed E-state index contributed by atoms with van der Waals surface area (Å²) >= 11 is 0. The number of hydrogen-bond donors (Lipinski definition) is 11. The van der Waals surface area contributed by atoms with Gasteiger partial charge in [-0.1, -0.05) is 90.3 Å². The molecule has 1 aromatic rings. The van der Waals surface area contributed by atoms with Gasteiger partial charge in [-0.25, -0.2) is 9.59 Å². The van der Waals surface area contributed by atoms with Crippen molar-refractivity contribution in [2.45, 2.75) is 199 Å². The third kappa shape index (κ3) is 22.6. The van der Waals surface area contributed by atoms with Crippen LogP contribution in [0.5, 0.6) is 0 Å². The molecule has 11 N–H and O–H groups in total. The molecule has 0 saturated carbocycles. The fourth-order valence-electron chi connectivity index (χ4n) is 9.75. The van der Waals surface area contributed by atoms with Crippen molar-refractivity contribution < 1.29 is 82.2 Å². The maximum Gasteiger partial charge on any atom is 0.407 e. The van der Waals surface area contributed by atoms with Crippen LogP contribution in [0.15, 0.2) is 66.0 Å². The number of nitrogens with one attached hydrogen (secondary N) is 8. The Hall–Kier alpha value is -7.42. The van der Waals surface area contributed by atoms with Crippen molar-refractivity contribution in [3.8, 4) is 0 Å². The van der Waals surface area contributed by atoms with E-state index in [1.54, 1.807) is 97.9 Å². The summed E-state index contributed by atoms with van der Waals surface area (Å²) in [5.74, 6) is -11.0. The highest BCUT2D eigenvalue weighted by Crippen LogP contribution is 2.28. The lowest BCUT2D eigenvalue weighted by Crippen LogP contribution is -2.62. The van der Waals surface area contributed by atoms with E-state index in [2.05, 4.69) is 42.5 Å². The number of unbranched alkanes of at least 4 members (excludes halogenated alkanes) is 3. The van der Waals surface area contributed by atoms with Crippen LogP contribution in [0.2, 0.25) is 0 Å². The molecule has 26 nitrogen and oxygen atoms in total. The number of allylic oxidation sites excluding steroid dienone is 3. The minimum atomic E-state index is -1.99. The second kappa shape index (κ2) is 34.4. The lowest BCUT2D eigenvalue weighted by Gasteiger charge is -2.35. The first kappa shape index (κ1) is 73.1. The van der Waals surface area contributed by atoms with Crippen molar-refractivity contribution in [3.05, 3.63) is 71.5 Å². The molecule has 4 bridgehead atoms. The molecule has 4 aliphatic rings. The number of alkyl carbamates (subject to hydrolysis) is 1. The Labute approximate surface area is 515 Å². The standard InChI is InChI=1S/C62H95N9O17/c1-13-36(4)48-55(78)70-51-42-23-25-43(26-24-42)87-40(8)62(84,34-63-29-19-14-15-20-30-64-60(83)88-61(9,10)11)28-27-46(73)65-32-47(74)85-33-44(59(82)86-39(7)50(57(80)67-48)69-53(76)37(5)52(75)35(2)3)66-56(79)49(38(6)72)68-54(77)45(71(12)58(51)81)31-41-21-17-16-18-22-41/h16-18,21-23,25,27-28,35-40,44-45,48-52,63,72,75,84H,13-15,19-20,24,26,29-34H2,1-12H3,(H,64,83)(H,65,73)(H,66,79)(H,67,80)(H,68,77)(H,69,76)(H,70,78)/b28-27+/t36-,37+,38+,39+,40+,44-,45?,48+,49+,50-,51-,52+,62-/m0/s1. The van der Waals surface area contributed by atoms with Gasteiger partial charge < -0.3 is 81.7 Å². The smallest absolute Gasteiger partial charge is 0.407 e. The Morgan fingerprint density at radius 1 is 0.818 bits per heavy atom. The lowest BCUT2D eigenvalue weighted by molar-refractivity contribution is -0.160. The number of aliphatic hydroxyl groups is 3. The van der Waals surface area contributed by atoms with Gasteiger partial charge in [0.15, 0.2) is 6.04 Å². The monoisotopic (exact) mass is 1240 g/mol. The zero-order chi connectivity index (χ0) is 65.6. The maximum atomic E-state index is 15.4. The number of amides is 8. The third-order valence-corrected chi connectivity index (χ3v) is 15.6. The van der Waals surface area contributed by atoms with Crippen molar-refractivity contribution >= 4 is 59.4 Å². The van der Waals surface area contributed by atoms with E-state index in [0.717, 1.165) is 23.8 Å². The molecule has 8 amide bonds. The van der Waals surface area contributed by atoms with Gasteiger partial charge in [0.25, 0.3) is 0 Å². The summed E-state index contributed by atoms with van der Waals surface area (Å²) in [7, 11) is 1.32. The number of esters is 2. The molecular weight excluding hydrogens is 1140 g/mol. The van der Waals surface area contributed by atoms with Gasteiger partial charge >= 0.3 is 18.0 Å². The molecule has 1 unspecified atom stereocenters. The number of rotatable bonds is 18. The zero-order valence-corrected chi connectivity index (χ0v) is 52.9. The van der Waals surface area contributed by atoms with Crippen molar-refractivity contribution in [3.63, 3.8) is 0 Å². The Morgan fingerprint density at radius 2 is 1.47 bits per heavy atom. The molecule has 0 radical (unpaired) electrons. The van der Waals surface area contributed by atoms with Gasteiger partial charge in [0.1, 0.15) is 66.8 Å². The molecular formula is C62H95N9O17. The predicted octanol–water partition coefficient (Wildman–Crippen LogP) is 1.15. The highest BCUT2D eigenvalue weighted by molar-refractivity contribution is 5.99. The first-order chi connectivity index (χ1) is 41.4. The van der Waals surface area contributed by atoms with Crippen LogP contribution in [0.1, 0.15) is 127 Å². The summed E-state index contributed by atoms with van der Waals surface area (Å²) in [4.78, 5) is 143. The molecule has 88 heavy (non-hydrogen) atoms. The highest BCUT2D eigenvalue weighted by atomic mass is 16.6. The van der Waals surface area contributed by atoms with Crippen LogP contribution >= 0.6 is 0 Å². The summed E-state index contributed by atoms with van der Waals surface area (Å²) in [6, 6.07) is -1.58. The number of fused-ring (bicyclic) bond motifs is 11. The Bertz CT molecular complexity index is 2680. The molecule has 1 aliphatic carbocycles. The summed E-state index contributed by atoms with van der Waals surface area (Å²) < 4.78 is 22.9. The largest absolute Gasteiger partial charge is 0.492 e. The molecule has 0 aromatic heterocycles. The Balaban J connectivity index is 1.89. The van der Waals surface area contributed by atoms with E-state index in [1.807, 2.05) is 0 Å². The number of carbonyl (C=O) groups excluding carboxylic acids is 10. The molecule has 1 saturated heterocycles. The van der Waals surface area contributed by atoms with Gasteiger partial charge in [-0.2, -0.15) is 0 Å². The highest BCUT2D eigenvalue weighted by Gasteiger charge is 2.43. The predicted molar refractivity (Wildman–Crippen MR) is 323 cm³/mol. The van der Waals surface area contributed by atoms with E-state index < -0.39 is 162 Å². The summed E-state index contributed by atoms with van der Waals surface area (Å²) in [5.41, 5.74) is -1.63. The van der Waals surface area contributed by atoms with E-state index in [0.29, 0.717) is 42.8 Å². The topological polar surface area (TPSA) is 368 Å². The molecule has 1 fully saturated rings. The van der Waals surface area contributed by atoms with Crippen molar-refractivity contribution in [2.75, 3.05) is 39.8 Å². The van der Waals surface area contributed by atoms with Crippen LogP contribution in [-0.2, 0) is 68.5 Å². The van der Waals surface area contributed by atoms with Gasteiger partial charge in [0.2, 0.25) is 41.4 Å². The minimum absolute atomic E-state index is 0.0418. The quantitative estimate of drug-likeness (QED) is 0.0558. The number of likely N-dealkylation sites (N-methyl/N-ethyl adjacent to an activating group) is 1. The summed E-state index contributed by atoms with van der Waals surface area (Å²) in [6.45, 7) is 16.4. The third-order valence-electron chi connectivity index (χ3n) is 15.6. The number of carbonyl (C=O) groups is 10. The van der Waals surface area contributed by atoms with Gasteiger partial charge in [-0.3, -0.25) is 38.4 Å². The van der Waals surface area contributed by atoms with Crippen molar-refractivity contribution in [2.24, 2.45) is 17.8 Å². The number of aliphatic hydroxyl groups excluding tert-OH is 2. The fourth-order valence-corrected chi connectivity index (χ4v) is 9.75. The molecule has 3 aliphatic heterocycles. The van der Waals surface area contributed by atoms with Crippen LogP contribution in [0.3, 0.4) is 0 Å². The molecule has 5 rings (SSSR count). The number of cyclic esters (lactones) is 1. The van der Waals surface area contributed by atoms with Crippen LogP contribution in [0.4, 0.5) is 4.79 Å². The molecule has 490 valence electrons. The number of nitrogens with zero attached hydrogens (tertiary/aromatic N) is 1. The van der Waals surface area contributed by atoms with Crippen LogP contribution in [-0.4, -0.2) is 191 Å². The SMILES string of the molecule is CC[C@H](C)[C@H]1NC(=O)[C@@H](NC(=O)[C@H](C)[C@H](O)C(C)C)[C@@H](C)OC(=O)[C@@H]2COC(=O)CNC(=O)/C=C/[C@](O)(CNCCCCCCNC(=O)OC(C)(C)C)[C@@H](C)OC3=CC=C(CC3)[C@H](NC1=O)C(=O)N(C)C(Cc1ccccc1)C(=O)N[C@H]([C@@H](C)O)C(=O)N2. The molecule has 3 heterocycles. The van der Waals surface area contributed by atoms with E-state index in [4.69, 9.17) is 18.9 Å². The van der Waals surface area contributed by atoms with Crippen molar-refractivity contribution in [1.29, 1.82) is 0 Å². The van der Waals surface area contributed by atoms with Gasteiger partial charge in [0, 0.05) is 39.1 Å². The summed E-state index contributed by atoms with van der Waals surface area (Å²) in [5, 5.41) is 55.6. The fraction of sp³-hybridized carbons (Fsp3) is 0.645. The molecule has 13 atom stereocenters. The zero-order valence-electron chi connectivity index (χ0n) is 52.9. The van der Waals surface area contributed by atoms with Gasteiger partial charge in [-0.05, 0) is 102 Å². The van der Waals surface area contributed by atoms with E-state index >= 15 is 9.59 Å². The van der Waals surface area contributed by atoms with Crippen LogP contribution in [0.25, 0.3) is 0 Å². The number of benzene rings is 1. The first-order valence-corrected chi connectivity index (χ1v) is 30.3. The number of hydrogen-bond acceptors (Lipinski definition) is 18. The minimum Gasteiger partial charge on any atom is -0.492 e. The molecule has 1 aromatic carbocycles. The van der Waals surface area contributed by atoms with Crippen LogP contribution in [0, 0.1) is 17.8 Å². The van der Waals surface area contributed by atoms with E-state index in [-0.39, 0.29) is 32.2 Å². The van der Waals surface area contributed by atoms with Crippen LogP contribution < -0.4 is 42.5 Å². The van der Waals surface area contributed by atoms with Gasteiger partial charge in [-0.15, -0.1) is 0 Å². The summed E-state index contributed by atoms with van der Waals surface area (Å²) in [6.07, 6.45) is 2.37.